The van der Waals surface area contributed by atoms with E-state index < -0.39 is 11.3 Å². The number of nitrogens with zero attached hydrogens (tertiary/aromatic N) is 1. The molecule has 1 aliphatic rings. The fourth-order valence-electron chi connectivity index (χ4n) is 2.70. The van der Waals surface area contributed by atoms with Gasteiger partial charge < -0.3 is 16.4 Å². The lowest BCUT2D eigenvalue weighted by Crippen LogP contribution is -2.53. The maximum absolute atomic E-state index is 12.7. The topological polar surface area (TPSA) is 89.4 Å². The summed E-state index contributed by atoms with van der Waals surface area (Å²) in [5, 5.41) is 0. The first kappa shape index (κ1) is 15.0. The molecule has 5 nitrogen and oxygen atoms in total. The molecule has 0 radical (unpaired) electrons. The molecule has 104 valence electrons. The summed E-state index contributed by atoms with van der Waals surface area (Å²) in [7, 11) is 0. The van der Waals surface area contributed by atoms with Crippen molar-refractivity contribution in [1.29, 1.82) is 0 Å². The average molecular weight is 255 g/mol. The minimum absolute atomic E-state index is 0.00139. The fourth-order valence-corrected chi connectivity index (χ4v) is 2.70. The number of hydrogen-bond acceptors (Lipinski definition) is 3. The second-order valence-electron chi connectivity index (χ2n) is 5.54. The fraction of sp³-hybridized carbons (Fsp3) is 0.846. The molecule has 0 bridgehead atoms. The predicted octanol–water partition coefficient (Wildman–Crippen LogP) is 0.618. The predicted molar refractivity (Wildman–Crippen MR) is 70.6 cm³/mol. The van der Waals surface area contributed by atoms with Crippen molar-refractivity contribution in [2.75, 3.05) is 13.1 Å². The van der Waals surface area contributed by atoms with Crippen molar-refractivity contribution in [3.8, 4) is 0 Å². The van der Waals surface area contributed by atoms with Gasteiger partial charge in [-0.2, -0.15) is 0 Å². The molecular weight excluding hydrogens is 230 g/mol. The maximum Gasteiger partial charge on any atom is 0.237 e. The highest BCUT2D eigenvalue weighted by atomic mass is 16.2. The van der Waals surface area contributed by atoms with Crippen LogP contribution in [-0.4, -0.2) is 35.8 Å². The molecule has 0 spiro atoms. The van der Waals surface area contributed by atoms with Crippen molar-refractivity contribution in [1.82, 2.24) is 4.90 Å². The minimum Gasteiger partial charge on any atom is -0.368 e. The average Bonchev–Trinajstić information content (AvgIpc) is 2.35. The largest absolute Gasteiger partial charge is 0.368 e. The van der Waals surface area contributed by atoms with Crippen molar-refractivity contribution in [3.63, 3.8) is 0 Å². The Morgan fingerprint density at radius 2 is 1.78 bits per heavy atom. The van der Waals surface area contributed by atoms with Crippen LogP contribution in [0.15, 0.2) is 0 Å². The number of hydrogen-bond donors (Lipinski definition) is 2. The van der Waals surface area contributed by atoms with Crippen LogP contribution in [0, 0.1) is 5.41 Å². The van der Waals surface area contributed by atoms with Gasteiger partial charge in [-0.15, -0.1) is 0 Å². The molecule has 0 unspecified atom stereocenters. The first-order valence-corrected chi connectivity index (χ1v) is 6.72. The lowest BCUT2D eigenvalue weighted by Gasteiger charge is -2.40. The van der Waals surface area contributed by atoms with Gasteiger partial charge in [0, 0.05) is 12.6 Å². The van der Waals surface area contributed by atoms with Gasteiger partial charge in [-0.05, 0) is 26.7 Å². The third kappa shape index (κ3) is 3.22. The molecule has 1 rings (SSSR count). The summed E-state index contributed by atoms with van der Waals surface area (Å²) < 4.78 is 0. The van der Waals surface area contributed by atoms with Crippen LogP contribution in [0.25, 0.3) is 0 Å². The van der Waals surface area contributed by atoms with Crippen molar-refractivity contribution in [2.45, 2.75) is 52.0 Å². The molecule has 5 heteroatoms. The van der Waals surface area contributed by atoms with Crippen LogP contribution in [-0.2, 0) is 9.59 Å². The molecule has 0 aromatic carbocycles. The number of amides is 2. The van der Waals surface area contributed by atoms with E-state index in [9.17, 15) is 9.59 Å². The second kappa shape index (κ2) is 6.18. The van der Waals surface area contributed by atoms with Crippen LogP contribution in [0.5, 0.6) is 0 Å². The molecule has 0 saturated heterocycles. The number of carbonyl (C=O) groups excluding carboxylic acids is 2. The number of carbonyl (C=O) groups is 2. The van der Waals surface area contributed by atoms with Crippen molar-refractivity contribution in [3.05, 3.63) is 0 Å². The van der Waals surface area contributed by atoms with Gasteiger partial charge in [-0.3, -0.25) is 9.59 Å². The Bertz CT molecular complexity index is 309. The maximum atomic E-state index is 12.7. The van der Waals surface area contributed by atoms with Crippen molar-refractivity contribution in [2.24, 2.45) is 16.9 Å². The SMILES string of the molecule is CC(C)N(CC(N)=O)C(=O)C1(CN)CCCCC1. The van der Waals surface area contributed by atoms with Gasteiger partial charge in [0.25, 0.3) is 0 Å². The van der Waals surface area contributed by atoms with E-state index in [1.165, 1.54) is 0 Å². The van der Waals surface area contributed by atoms with Gasteiger partial charge in [0.1, 0.15) is 0 Å². The monoisotopic (exact) mass is 255 g/mol. The standard InChI is InChI=1S/C13H25N3O2/c1-10(2)16(8-11(15)17)12(18)13(9-14)6-4-3-5-7-13/h10H,3-9,14H2,1-2H3,(H2,15,17). The van der Waals surface area contributed by atoms with Crippen LogP contribution >= 0.6 is 0 Å². The molecule has 0 aromatic heterocycles. The highest BCUT2D eigenvalue weighted by Gasteiger charge is 2.41. The van der Waals surface area contributed by atoms with E-state index in [1.807, 2.05) is 13.8 Å². The van der Waals surface area contributed by atoms with Gasteiger partial charge in [0.15, 0.2) is 0 Å². The van der Waals surface area contributed by atoms with E-state index >= 15 is 0 Å². The van der Waals surface area contributed by atoms with Crippen LogP contribution in [0.2, 0.25) is 0 Å². The molecule has 18 heavy (non-hydrogen) atoms. The quantitative estimate of drug-likeness (QED) is 0.754. The summed E-state index contributed by atoms with van der Waals surface area (Å²) >= 11 is 0. The zero-order valence-corrected chi connectivity index (χ0v) is 11.4. The molecule has 0 aliphatic heterocycles. The van der Waals surface area contributed by atoms with Crippen LogP contribution in [0.1, 0.15) is 46.0 Å². The molecule has 0 heterocycles. The Morgan fingerprint density at radius 3 is 2.17 bits per heavy atom. The molecule has 1 fully saturated rings. The molecule has 0 aromatic rings. The molecule has 1 saturated carbocycles. The van der Waals surface area contributed by atoms with Gasteiger partial charge in [0.2, 0.25) is 11.8 Å². The Morgan fingerprint density at radius 1 is 1.22 bits per heavy atom. The van der Waals surface area contributed by atoms with Crippen LogP contribution in [0.3, 0.4) is 0 Å². The van der Waals surface area contributed by atoms with E-state index in [4.69, 9.17) is 11.5 Å². The molecule has 1 aliphatic carbocycles. The first-order valence-electron chi connectivity index (χ1n) is 6.72. The minimum atomic E-state index is -0.474. The van der Waals surface area contributed by atoms with E-state index in [1.54, 1.807) is 4.90 Å². The zero-order valence-electron chi connectivity index (χ0n) is 11.4. The summed E-state index contributed by atoms with van der Waals surface area (Å²) in [4.78, 5) is 25.3. The normalized spacial score (nSPS) is 18.7. The summed E-state index contributed by atoms with van der Waals surface area (Å²) in [6.07, 6.45) is 4.87. The van der Waals surface area contributed by atoms with Crippen LogP contribution < -0.4 is 11.5 Å². The highest BCUT2D eigenvalue weighted by Crippen LogP contribution is 2.37. The summed E-state index contributed by atoms with van der Waals surface area (Å²) in [5.74, 6) is -0.474. The number of nitrogens with two attached hydrogens (primary N) is 2. The van der Waals surface area contributed by atoms with E-state index in [-0.39, 0.29) is 18.5 Å². The third-order valence-corrected chi connectivity index (χ3v) is 3.87. The number of rotatable bonds is 5. The smallest absolute Gasteiger partial charge is 0.237 e. The molecule has 0 atom stereocenters. The number of primary amides is 1. The lowest BCUT2D eigenvalue weighted by atomic mass is 9.73. The zero-order chi connectivity index (χ0) is 13.8. The Labute approximate surface area is 109 Å². The Kier molecular flexibility index (Phi) is 5.14. The first-order chi connectivity index (χ1) is 8.43. The van der Waals surface area contributed by atoms with Gasteiger partial charge >= 0.3 is 0 Å². The van der Waals surface area contributed by atoms with Crippen LogP contribution in [0.4, 0.5) is 0 Å². The van der Waals surface area contributed by atoms with E-state index in [0.29, 0.717) is 6.54 Å². The Balaban J connectivity index is 2.88. The van der Waals surface area contributed by atoms with Gasteiger partial charge in [-0.1, -0.05) is 19.3 Å². The van der Waals surface area contributed by atoms with E-state index in [0.717, 1.165) is 32.1 Å². The molecular formula is C13H25N3O2. The summed E-state index contributed by atoms with van der Waals surface area (Å²) in [6.45, 7) is 4.13. The van der Waals surface area contributed by atoms with Crippen molar-refractivity contribution >= 4 is 11.8 Å². The molecule has 2 amide bonds. The molecule has 4 N–H and O–H groups in total. The highest BCUT2D eigenvalue weighted by molar-refractivity contribution is 5.88. The third-order valence-electron chi connectivity index (χ3n) is 3.87. The lowest BCUT2D eigenvalue weighted by molar-refractivity contribution is -0.147. The Hall–Kier alpha value is -1.10. The van der Waals surface area contributed by atoms with Gasteiger partial charge in [-0.25, -0.2) is 0 Å². The van der Waals surface area contributed by atoms with E-state index in [2.05, 4.69) is 0 Å². The summed E-state index contributed by atoms with van der Waals surface area (Å²) in [6, 6.07) is -0.0321. The second-order valence-corrected chi connectivity index (χ2v) is 5.54. The van der Waals surface area contributed by atoms with Crippen molar-refractivity contribution < 1.29 is 9.59 Å². The van der Waals surface area contributed by atoms with Gasteiger partial charge in [0.05, 0.1) is 12.0 Å². The summed E-state index contributed by atoms with van der Waals surface area (Å²) in [5.41, 5.74) is 10.6.